The van der Waals surface area contributed by atoms with Gasteiger partial charge in [-0.15, -0.1) is 11.8 Å². The second-order valence-corrected chi connectivity index (χ2v) is 6.19. The summed E-state index contributed by atoms with van der Waals surface area (Å²) in [6, 6.07) is 13.5. The van der Waals surface area contributed by atoms with Crippen molar-refractivity contribution in [3.05, 3.63) is 65.5 Å². The average Bonchev–Trinajstić information content (AvgIpc) is 3.04. The first-order valence-corrected chi connectivity index (χ1v) is 8.06. The molecule has 0 radical (unpaired) electrons. The molecule has 2 aromatic rings. The SMILES string of the molecule is COc1cccc(C(=O)N2CCS[C@@H]2c2ccc(F)cc2)c1. The fourth-order valence-electron chi connectivity index (χ4n) is 2.50. The van der Waals surface area contributed by atoms with E-state index in [0.717, 1.165) is 11.3 Å². The van der Waals surface area contributed by atoms with Crippen LogP contribution in [-0.2, 0) is 0 Å². The summed E-state index contributed by atoms with van der Waals surface area (Å²) in [6.07, 6.45) is 0. The maximum absolute atomic E-state index is 13.1. The molecule has 0 aliphatic carbocycles. The Labute approximate surface area is 133 Å². The standard InChI is InChI=1S/C17H16FNO2S/c1-21-15-4-2-3-13(11-15)16(20)19-9-10-22-17(19)12-5-7-14(18)8-6-12/h2-8,11,17H,9-10H2,1H3/t17-/m1/s1. The van der Waals surface area contributed by atoms with Crippen molar-refractivity contribution >= 4 is 17.7 Å². The molecular weight excluding hydrogens is 301 g/mol. The Bertz CT molecular complexity index is 675. The molecule has 1 atom stereocenters. The second kappa shape index (κ2) is 6.40. The number of halogens is 1. The van der Waals surface area contributed by atoms with Crippen molar-refractivity contribution in [2.45, 2.75) is 5.37 Å². The Morgan fingerprint density at radius 2 is 2.05 bits per heavy atom. The summed E-state index contributed by atoms with van der Waals surface area (Å²) in [7, 11) is 1.58. The summed E-state index contributed by atoms with van der Waals surface area (Å²) in [6.45, 7) is 0.683. The second-order valence-electron chi connectivity index (χ2n) is 5.01. The van der Waals surface area contributed by atoms with Crippen molar-refractivity contribution in [1.29, 1.82) is 0 Å². The zero-order valence-electron chi connectivity index (χ0n) is 12.2. The Hall–Kier alpha value is -2.01. The van der Waals surface area contributed by atoms with Gasteiger partial charge in [-0.1, -0.05) is 18.2 Å². The molecule has 0 aromatic heterocycles. The lowest BCUT2D eigenvalue weighted by atomic mass is 10.1. The molecule has 2 aromatic carbocycles. The highest BCUT2D eigenvalue weighted by Gasteiger charge is 2.31. The molecule has 1 heterocycles. The molecule has 3 rings (SSSR count). The lowest BCUT2D eigenvalue weighted by molar-refractivity contribution is 0.0760. The van der Waals surface area contributed by atoms with E-state index in [-0.39, 0.29) is 17.1 Å². The first-order chi connectivity index (χ1) is 10.7. The quantitative estimate of drug-likeness (QED) is 0.864. The summed E-state index contributed by atoms with van der Waals surface area (Å²) < 4.78 is 18.3. The van der Waals surface area contributed by atoms with Crippen LogP contribution in [0.2, 0.25) is 0 Å². The van der Waals surface area contributed by atoms with E-state index >= 15 is 0 Å². The summed E-state index contributed by atoms with van der Waals surface area (Å²) in [5.74, 6) is 1.24. The molecule has 0 saturated carbocycles. The number of carbonyl (C=O) groups excluding carboxylic acids is 1. The minimum Gasteiger partial charge on any atom is -0.497 e. The fraction of sp³-hybridized carbons (Fsp3) is 0.235. The van der Waals surface area contributed by atoms with E-state index in [2.05, 4.69) is 0 Å². The van der Waals surface area contributed by atoms with Gasteiger partial charge in [0.05, 0.1) is 7.11 Å². The van der Waals surface area contributed by atoms with Crippen LogP contribution in [-0.4, -0.2) is 30.2 Å². The van der Waals surface area contributed by atoms with Crippen LogP contribution in [0.25, 0.3) is 0 Å². The van der Waals surface area contributed by atoms with Gasteiger partial charge in [0.25, 0.3) is 5.91 Å². The van der Waals surface area contributed by atoms with Crippen molar-refractivity contribution in [3.8, 4) is 5.75 Å². The van der Waals surface area contributed by atoms with Gasteiger partial charge >= 0.3 is 0 Å². The van der Waals surface area contributed by atoms with Gasteiger partial charge in [-0.2, -0.15) is 0 Å². The van der Waals surface area contributed by atoms with Gasteiger partial charge in [0.1, 0.15) is 16.9 Å². The van der Waals surface area contributed by atoms with Crippen LogP contribution >= 0.6 is 11.8 Å². The molecule has 0 bridgehead atoms. The van der Waals surface area contributed by atoms with Gasteiger partial charge in [-0.05, 0) is 35.9 Å². The number of carbonyl (C=O) groups is 1. The van der Waals surface area contributed by atoms with Crippen molar-refractivity contribution in [3.63, 3.8) is 0 Å². The molecular formula is C17H16FNO2S. The Morgan fingerprint density at radius 3 is 2.77 bits per heavy atom. The van der Waals surface area contributed by atoms with Gasteiger partial charge in [0, 0.05) is 17.9 Å². The largest absolute Gasteiger partial charge is 0.497 e. The summed E-state index contributed by atoms with van der Waals surface area (Å²) >= 11 is 1.69. The molecule has 0 N–H and O–H groups in total. The van der Waals surface area contributed by atoms with Crippen LogP contribution in [0, 0.1) is 5.82 Å². The molecule has 1 amide bonds. The van der Waals surface area contributed by atoms with Crippen LogP contribution in [0.1, 0.15) is 21.3 Å². The molecule has 1 aliphatic heterocycles. The Balaban J connectivity index is 1.85. The third-order valence-corrected chi connectivity index (χ3v) is 4.88. The number of ether oxygens (including phenoxy) is 1. The van der Waals surface area contributed by atoms with E-state index in [1.54, 1.807) is 43.1 Å². The number of hydrogen-bond acceptors (Lipinski definition) is 3. The van der Waals surface area contributed by atoms with Gasteiger partial charge in [-0.3, -0.25) is 4.79 Å². The number of nitrogens with zero attached hydrogens (tertiary/aromatic N) is 1. The lowest BCUT2D eigenvalue weighted by Crippen LogP contribution is -2.30. The van der Waals surface area contributed by atoms with Crippen LogP contribution in [0.5, 0.6) is 5.75 Å². The molecule has 0 unspecified atom stereocenters. The van der Waals surface area contributed by atoms with Crippen LogP contribution < -0.4 is 4.74 Å². The third-order valence-electron chi connectivity index (χ3n) is 3.62. The van der Waals surface area contributed by atoms with Crippen molar-refractivity contribution < 1.29 is 13.9 Å². The predicted octanol–water partition coefficient (Wildman–Crippen LogP) is 3.72. The van der Waals surface area contributed by atoms with E-state index in [1.807, 2.05) is 17.0 Å². The van der Waals surface area contributed by atoms with Crippen LogP contribution in [0.3, 0.4) is 0 Å². The molecule has 3 nitrogen and oxygen atoms in total. The first kappa shape index (κ1) is 14.9. The maximum Gasteiger partial charge on any atom is 0.255 e. The molecule has 1 aliphatic rings. The van der Waals surface area contributed by atoms with Crippen LogP contribution in [0.4, 0.5) is 4.39 Å². The topological polar surface area (TPSA) is 29.5 Å². The molecule has 0 spiro atoms. The van der Waals surface area contributed by atoms with E-state index in [1.165, 1.54) is 12.1 Å². The van der Waals surface area contributed by atoms with Gasteiger partial charge in [-0.25, -0.2) is 4.39 Å². The van der Waals surface area contributed by atoms with Crippen LogP contribution in [0.15, 0.2) is 48.5 Å². The summed E-state index contributed by atoms with van der Waals surface area (Å²) in [5.41, 5.74) is 1.55. The average molecular weight is 317 g/mol. The highest BCUT2D eigenvalue weighted by molar-refractivity contribution is 7.99. The maximum atomic E-state index is 13.1. The number of hydrogen-bond donors (Lipinski definition) is 0. The third kappa shape index (κ3) is 2.95. The van der Waals surface area contributed by atoms with Gasteiger partial charge in [0.2, 0.25) is 0 Å². The van der Waals surface area contributed by atoms with E-state index < -0.39 is 0 Å². The highest BCUT2D eigenvalue weighted by Crippen LogP contribution is 2.38. The predicted molar refractivity (Wildman–Crippen MR) is 85.6 cm³/mol. The normalized spacial score (nSPS) is 17.5. The first-order valence-electron chi connectivity index (χ1n) is 7.01. The molecule has 22 heavy (non-hydrogen) atoms. The number of benzene rings is 2. The molecule has 5 heteroatoms. The van der Waals surface area contributed by atoms with Gasteiger partial charge < -0.3 is 9.64 Å². The number of methoxy groups -OCH3 is 1. The van der Waals surface area contributed by atoms with Gasteiger partial charge in [0.15, 0.2) is 0 Å². The molecule has 1 saturated heterocycles. The Kier molecular flexibility index (Phi) is 4.34. The summed E-state index contributed by atoms with van der Waals surface area (Å²) in [5, 5.41) is -0.0701. The smallest absolute Gasteiger partial charge is 0.255 e. The monoisotopic (exact) mass is 317 g/mol. The van der Waals surface area contributed by atoms with E-state index in [0.29, 0.717) is 17.9 Å². The lowest BCUT2D eigenvalue weighted by Gasteiger charge is -2.24. The minimum atomic E-state index is -0.266. The van der Waals surface area contributed by atoms with E-state index in [4.69, 9.17) is 4.74 Å². The zero-order chi connectivity index (χ0) is 15.5. The summed E-state index contributed by atoms with van der Waals surface area (Å²) in [4.78, 5) is 14.6. The number of thioether (sulfide) groups is 1. The van der Waals surface area contributed by atoms with E-state index in [9.17, 15) is 9.18 Å². The zero-order valence-corrected chi connectivity index (χ0v) is 13.0. The highest BCUT2D eigenvalue weighted by atomic mass is 32.2. The number of amides is 1. The molecule has 1 fully saturated rings. The molecule has 114 valence electrons. The minimum absolute atomic E-state index is 0.0294. The fourth-order valence-corrected chi connectivity index (χ4v) is 3.76. The Morgan fingerprint density at radius 1 is 1.27 bits per heavy atom. The van der Waals surface area contributed by atoms with Crippen molar-refractivity contribution in [2.24, 2.45) is 0 Å². The van der Waals surface area contributed by atoms with Crippen molar-refractivity contribution in [1.82, 2.24) is 4.90 Å². The van der Waals surface area contributed by atoms with Crippen molar-refractivity contribution in [2.75, 3.05) is 19.4 Å². The number of rotatable bonds is 3.